The molecule has 0 bridgehead atoms. The van der Waals surface area contributed by atoms with Gasteiger partial charge in [0.2, 0.25) is 0 Å². The number of carboxylic acids is 1. The van der Waals surface area contributed by atoms with Gasteiger partial charge in [-0.3, -0.25) is 4.90 Å². The number of carbonyl (C=O) groups excluding carboxylic acids is 1. The maximum absolute atomic E-state index is 12.8. The van der Waals surface area contributed by atoms with Crippen molar-refractivity contribution in [2.24, 2.45) is 0 Å². The summed E-state index contributed by atoms with van der Waals surface area (Å²) in [6.07, 6.45) is -0.441. The van der Waals surface area contributed by atoms with Crippen LogP contribution in [0, 0.1) is 0 Å². The van der Waals surface area contributed by atoms with E-state index in [1.807, 2.05) is 13.8 Å². The van der Waals surface area contributed by atoms with Crippen LogP contribution in [-0.2, 0) is 14.3 Å². The van der Waals surface area contributed by atoms with Crippen LogP contribution in [-0.4, -0.2) is 50.5 Å². The summed E-state index contributed by atoms with van der Waals surface area (Å²) < 4.78 is 11.5. The second-order valence-corrected chi connectivity index (χ2v) is 8.66. The van der Waals surface area contributed by atoms with Crippen LogP contribution in [0.1, 0.15) is 68.7 Å². The van der Waals surface area contributed by atoms with Gasteiger partial charge in [-0.2, -0.15) is 0 Å². The van der Waals surface area contributed by atoms with Crippen molar-refractivity contribution >= 4 is 12.1 Å². The molecule has 23 heavy (non-hydrogen) atoms. The molecule has 0 aromatic heterocycles. The van der Waals surface area contributed by atoms with Crippen molar-refractivity contribution in [1.82, 2.24) is 4.90 Å². The quantitative estimate of drug-likeness (QED) is 0.858. The Morgan fingerprint density at radius 3 is 1.91 bits per heavy atom. The maximum Gasteiger partial charge on any atom is 0.411 e. The molecule has 1 heterocycles. The highest BCUT2D eigenvalue weighted by molar-refractivity contribution is 5.87. The molecule has 1 atom stereocenters. The summed E-state index contributed by atoms with van der Waals surface area (Å²) in [5.41, 5.74) is -3.91. The zero-order valence-corrected chi connectivity index (χ0v) is 15.8. The fourth-order valence-electron chi connectivity index (χ4n) is 3.57. The van der Waals surface area contributed by atoms with E-state index in [4.69, 9.17) is 9.47 Å². The molecular formula is C17H31NO5. The average Bonchev–Trinajstić information content (AvgIpc) is 2.40. The third-order valence-corrected chi connectivity index (χ3v) is 4.08. The summed E-state index contributed by atoms with van der Waals surface area (Å²) >= 11 is 0. The van der Waals surface area contributed by atoms with Gasteiger partial charge in [0.15, 0.2) is 5.54 Å². The van der Waals surface area contributed by atoms with Gasteiger partial charge in [0.25, 0.3) is 0 Å². The van der Waals surface area contributed by atoms with Crippen LogP contribution in [0.4, 0.5) is 4.79 Å². The fourth-order valence-corrected chi connectivity index (χ4v) is 3.57. The summed E-state index contributed by atoms with van der Waals surface area (Å²) in [6.45, 7) is 16.0. The molecule has 1 aliphatic rings. The van der Waals surface area contributed by atoms with E-state index in [0.29, 0.717) is 0 Å². The van der Waals surface area contributed by atoms with Gasteiger partial charge in [0.05, 0.1) is 11.2 Å². The zero-order valence-electron chi connectivity index (χ0n) is 15.8. The summed E-state index contributed by atoms with van der Waals surface area (Å²) in [7, 11) is 0. The Balaban J connectivity index is 3.46. The number of hydrogen-bond acceptors (Lipinski definition) is 4. The largest absolute Gasteiger partial charge is 0.479 e. The highest BCUT2D eigenvalue weighted by Crippen LogP contribution is 2.49. The van der Waals surface area contributed by atoms with Crippen molar-refractivity contribution in [1.29, 1.82) is 0 Å². The smallest absolute Gasteiger partial charge is 0.411 e. The lowest BCUT2D eigenvalue weighted by Crippen LogP contribution is -2.68. The lowest BCUT2D eigenvalue weighted by molar-refractivity contribution is -0.167. The number of carboxylic acid groups (broad SMARTS) is 1. The second kappa shape index (κ2) is 5.65. The lowest BCUT2D eigenvalue weighted by atomic mass is 9.77. The van der Waals surface area contributed by atoms with Gasteiger partial charge in [-0.1, -0.05) is 0 Å². The molecule has 1 N–H and O–H groups in total. The Kier molecular flexibility index (Phi) is 4.85. The second-order valence-electron chi connectivity index (χ2n) is 8.66. The first-order chi connectivity index (χ1) is 10.1. The van der Waals surface area contributed by atoms with Crippen molar-refractivity contribution in [2.75, 3.05) is 0 Å². The predicted octanol–water partition coefficient (Wildman–Crippen LogP) is 3.43. The number of aliphatic carboxylic acids is 1. The molecule has 1 fully saturated rings. The van der Waals surface area contributed by atoms with E-state index < -0.39 is 34.4 Å². The predicted molar refractivity (Wildman–Crippen MR) is 87.4 cm³/mol. The van der Waals surface area contributed by atoms with E-state index in [1.165, 1.54) is 4.90 Å². The first-order valence-corrected chi connectivity index (χ1v) is 8.02. The van der Waals surface area contributed by atoms with E-state index in [9.17, 15) is 14.7 Å². The van der Waals surface area contributed by atoms with Crippen LogP contribution >= 0.6 is 0 Å². The highest BCUT2D eigenvalue weighted by atomic mass is 16.6. The van der Waals surface area contributed by atoms with Gasteiger partial charge in [-0.25, -0.2) is 9.59 Å². The minimum absolute atomic E-state index is 0.194. The summed E-state index contributed by atoms with van der Waals surface area (Å²) in [5.74, 6) is -1.08. The minimum atomic E-state index is -1.49. The third-order valence-electron chi connectivity index (χ3n) is 4.08. The Morgan fingerprint density at radius 2 is 1.65 bits per heavy atom. The average molecular weight is 329 g/mol. The van der Waals surface area contributed by atoms with Crippen molar-refractivity contribution in [3.05, 3.63) is 0 Å². The van der Waals surface area contributed by atoms with Gasteiger partial charge < -0.3 is 14.6 Å². The van der Waals surface area contributed by atoms with Crippen LogP contribution in [0.15, 0.2) is 0 Å². The Bertz CT molecular complexity index is 490. The Morgan fingerprint density at radius 1 is 1.17 bits per heavy atom. The molecule has 1 aliphatic heterocycles. The van der Waals surface area contributed by atoms with Crippen LogP contribution < -0.4 is 0 Å². The Labute approximate surface area is 139 Å². The lowest BCUT2D eigenvalue weighted by Gasteiger charge is -2.46. The zero-order chi connectivity index (χ0) is 18.4. The van der Waals surface area contributed by atoms with E-state index in [-0.39, 0.29) is 12.5 Å². The molecule has 0 aliphatic carbocycles. The molecule has 0 aromatic carbocycles. The topological polar surface area (TPSA) is 76.1 Å². The van der Waals surface area contributed by atoms with Crippen molar-refractivity contribution in [2.45, 2.75) is 97.1 Å². The first kappa shape index (κ1) is 19.7. The molecule has 6 heteroatoms. The van der Waals surface area contributed by atoms with Crippen molar-refractivity contribution in [3.63, 3.8) is 0 Å². The molecule has 1 amide bonds. The number of nitrogens with zero attached hydrogens (tertiary/aromatic N) is 1. The number of ether oxygens (including phenoxy) is 2. The molecule has 6 nitrogen and oxygen atoms in total. The van der Waals surface area contributed by atoms with Gasteiger partial charge in [0.1, 0.15) is 5.60 Å². The number of carbonyl (C=O) groups is 2. The summed E-state index contributed by atoms with van der Waals surface area (Å²) in [4.78, 5) is 26.4. The van der Waals surface area contributed by atoms with Gasteiger partial charge in [0, 0.05) is 12.5 Å². The molecular weight excluding hydrogens is 298 g/mol. The molecule has 134 valence electrons. The number of amides is 1. The van der Waals surface area contributed by atoms with E-state index >= 15 is 0 Å². The number of hydrogen-bond donors (Lipinski definition) is 1. The SMILES string of the molecule is CC(C)N(C(=O)OC(C)(C)C)C1(C(=O)O)CC(C)(C)OC1(C)C. The van der Waals surface area contributed by atoms with Gasteiger partial charge in [-0.05, 0) is 62.3 Å². The van der Waals surface area contributed by atoms with Crippen LogP contribution in [0.2, 0.25) is 0 Å². The Hall–Kier alpha value is -1.30. The van der Waals surface area contributed by atoms with Crippen molar-refractivity contribution < 1.29 is 24.2 Å². The molecule has 1 rings (SSSR count). The molecule has 0 radical (unpaired) electrons. The normalized spacial score (nSPS) is 26.2. The van der Waals surface area contributed by atoms with Gasteiger partial charge in [-0.15, -0.1) is 0 Å². The number of rotatable bonds is 3. The first-order valence-electron chi connectivity index (χ1n) is 8.02. The van der Waals surface area contributed by atoms with E-state index in [1.54, 1.807) is 48.5 Å². The highest BCUT2D eigenvalue weighted by Gasteiger charge is 2.67. The molecule has 1 unspecified atom stereocenters. The van der Waals surface area contributed by atoms with E-state index in [2.05, 4.69) is 0 Å². The summed E-state index contributed by atoms with van der Waals surface area (Å²) in [5, 5.41) is 10.1. The molecule has 1 saturated heterocycles. The molecule has 0 spiro atoms. The summed E-state index contributed by atoms with van der Waals surface area (Å²) in [6, 6.07) is -0.349. The third kappa shape index (κ3) is 3.62. The maximum atomic E-state index is 12.8. The van der Waals surface area contributed by atoms with Crippen LogP contribution in [0.5, 0.6) is 0 Å². The van der Waals surface area contributed by atoms with Crippen LogP contribution in [0.25, 0.3) is 0 Å². The van der Waals surface area contributed by atoms with Gasteiger partial charge >= 0.3 is 12.1 Å². The molecule has 0 saturated carbocycles. The van der Waals surface area contributed by atoms with Crippen molar-refractivity contribution in [3.8, 4) is 0 Å². The van der Waals surface area contributed by atoms with Crippen LogP contribution in [0.3, 0.4) is 0 Å². The molecule has 0 aromatic rings. The standard InChI is InChI=1S/C17H31NO5/c1-11(2)18(13(21)22-14(3,4)5)17(12(19)20)10-15(6,7)23-16(17,8)9/h11H,10H2,1-9H3,(H,19,20). The minimum Gasteiger partial charge on any atom is -0.479 e. The fraction of sp³-hybridized carbons (Fsp3) is 0.882. The van der Waals surface area contributed by atoms with E-state index in [0.717, 1.165) is 0 Å². The monoisotopic (exact) mass is 329 g/mol.